The van der Waals surface area contributed by atoms with E-state index in [-0.39, 0.29) is 29.5 Å². The molecular weight excluding hydrogens is 525 g/mol. The van der Waals surface area contributed by atoms with Crippen molar-refractivity contribution < 1.29 is 32.5 Å². The van der Waals surface area contributed by atoms with Gasteiger partial charge in [-0.25, -0.2) is 4.98 Å². The number of ether oxygens (including phenoxy) is 2. The van der Waals surface area contributed by atoms with E-state index in [2.05, 4.69) is 9.97 Å². The molecule has 0 aliphatic rings. The molecule has 2 atom stereocenters. The van der Waals surface area contributed by atoms with Crippen molar-refractivity contribution in [1.82, 2.24) is 9.97 Å². The van der Waals surface area contributed by atoms with Crippen molar-refractivity contribution in [2.75, 3.05) is 12.8 Å². The Bertz CT molecular complexity index is 1510. The summed E-state index contributed by atoms with van der Waals surface area (Å²) >= 11 is 0. The molecule has 0 saturated carbocycles. The molecule has 8 nitrogen and oxygen atoms in total. The van der Waals surface area contributed by atoms with Crippen molar-refractivity contribution in [3.8, 4) is 34.0 Å². The summed E-state index contributed by atoms with van der Waals surface area (Å²) in [6.45, 7) is 1.79. The number of methoxy groups -OCH3 is 1. The van der Waals surface area contributed by atoms with Gasteiger partial charge in [-0.15, -0.1) is 0 Å². The second-order valence-corrected chi connectivity index (χ2v) is 9.16. The van der Waals surface area contributed by atoms with Crippen molar-refractivity contribution in [3.63, 3.8) is 0 Å². The van der Waals surface area contributed by atoms with Gasteiger partial charge in [0.2, 0.25) is 17.9 Å². The predicted molar refractivity (Wildman–Crippen MR) is 144 cm³/mol. The molecule has 0 saturated heterocycles. The maximum absolute atomic E-state index is 14.5. The fourth-order valence-corrected chi connectivity index (χ4v) is 4.17. The molecule has 1 unspecified atom stereocenters. The van der Waals surface area contributed by atoms with Crippen LogP contribution in [0.2, 0.25) is 0 Å². The summed E-state index contributed by atoms with van der Waals surface area (Å²) in [5.74, 6) is -1.27. The highest BCUT2D eigenvalue weighted by atomic mass is 19.4. The largest absolute Gasteiger partial charge is 0.497 e. The number of aliphatic carboxylic acids is 1. The van der Waals surface area contributed by atoms with Crippen molar-refractivity contribution in [1.29, 1.82) is 0 Å². The zero-order valence-electron chi connectivity index (χ0n) is 21.6. The van der Waals surface area contributed by atoms with Gasteiger partial charge in [0.1, 0.15) is 11.8 Å². The number of carboxylic acid groups (broad SMARTS) is 1. The zero-order valence-corrected chi connectivity index (χ0v) is 21.6. The highest BCUT2D eigenvalue weighted by Gasteiger charge is 2.44. The summed E-state index contributed by atoms with van der Waals surface area (Å²) in [4.78, 5) is 19.1. The standard InChI is InChI=1S/C29H27F3N4O4/c1-16-6-11-21(22(12-16)19-4-3-5-20(14-19)39-2)26(29(30,31)32)40-25-15-24(35-28(34)36-25)18-9-7-17(8-10-18)13-23(33)27(37)38/h3-12,14-15,23,26H,13,33H2,1-2H3,(H,37,38)(H2,34,35,36)/t23-,26?/m0/s1. The Labute approximate surface area is 228 Å². The fourth-order valence-electron chi connectivity index (χ4n) is 4.17. The number of anilines is 1. The first-order valence-corrected chi connectivity index (χ1v) is 12.1. The lowest BCUT2D eigenvalue weighted by Crippen LogP contribution is -2.32. The molecule has 3 aromatic carbocycles. The number of carbonyl (C=O) groups is 1. The molecule has 4 aromatic rings. The van der Waals surface area contributed by atoms with Gasteiger partial charge in [-0.05, 0) is 42.2 Å². The van der Waals surface area contributed by atoms with E-state index in [0.717, 1.165) is 5.56 Å². The monoisotopic (exact) mass is 552 g/mol. The van der Waals surface area contributed by atoms with E-state index in [1.165, 1.54) is 19.2 Å². The van der Waals surface area contributed by atoms with Crippen LogP contribution in [0.1, 0.15) is 22.8 Å². The van der Waals surface area contributed by atoms with Crippen LogP contribution in [0.15, 0.2) is 72.8 Å². The van der Waals surface area contributed by atoms with Gasteiger partial charge in [-0.1, -0.05) is 60.2 Å². The van der Waals surface area contributed by atoms with Crippen LogP contribution in [-0.2, 0) is 11.2 Å². The van der Waals surface area contributed by atoms with Gasteiger partial charge >= 0.3 is 12.1 Å². The van der Waals surface area contributed by atoms with Crippen LogP contribution in [-0.4, -0.2) is 40.4 Å². The number of aryl methyl sites for hydroxylation is 1. The van der Waals surface area contributed by atoms with Crippen molar-refractivity contribution >= 4 is 11.9 Å². The first-order chi connectivity index (χ1) is 18.9. The number of hydrogen-bond acceptors (Lipinski definition) is 7. The Hall–Kier alpha value is -4.64. The maximum Gasteiger partial charge on any atom is 0.429 e. The number of alkyl halides is 3. The number of rotatable bonds is 9. The average Bonchev–Trinajstić information content (AvgIpc) is 2.91. The van der Waals surface area contributed by atoms with Gasteiger partial charge in [0.25, 0.3) is 0 Å². The van der Waals surface area contributed by atoms with Crippen molar-refractivity contribution in [3.05, 3.63) is 89.5 Å². The lowest BCUT2D eigenvalue weighted by molar-refractivity contribution is -0.198. The molecule has 11 heteroatoms. The quantitative estimate of drug-likeness (QED) is 0.253. The van der Waals surface area contributed by atoms with E-state index < -0.39 is 24.3 Å². The lowest BCUT2D eigenvalue weighted by Gasteiger charge is -2.24. The zero-order chi connectivity index (χ0) is 29.0. The molecule has 0 bridgehead atoms. The van der Waals surface area contributed by atoms with Crippen molar-refractivity contribution in [2.24, 2.45) is 5.73 Å². The number of hydrogen-bond donors (Lipinski definition) is 3. The number of carboxylic acids is 1. The van der Waals surface area contributed by atoms with E-state index in [9.17, 15) is 18.0 Å². The summed E-state index contributed by atoms with van der Waals surface area (Å²) in [6.07, 6.45) is -7.06. The molecule has 208 valence electrons. The third-order valence-corrected chi connectivity index (χ3v) is 6.15. The molecule has 4 rings (SSSR count). The van der Waals surface area contributed by atoms with Crippen LogP contribution in [0.25, 0.3) is 22.4 Å². The van der Waals surface area contributed by atoms with Gasteiger partial charge in [0.05, 0.1) is 12.8 Å². The van der Waals surface area contributed by atoms with Crippen LogP contribution in [0, 0.1) is 6.92 Å². The van der Waals surface area contributed by atoms with Crippen molar-refractivity contribution in [2.45, 2.75) is 31.7 Å². The SMILES string of the molecule is COc1cccc(-c2cc(C)ccc2C(Oc2cc(-c3ccc(C[C@H](N)C(=O)O)cc3)nc(N)n2)C(F)(F)F)c1. The van der Waals surface area contributed by atoms with E-state index in [0.29, 0.717) is 28.0 Å². The Kier molecular flexibility index (Phi) is 8.24. The number of nitrogen functional groups attached to an aromatic ring is 1. The fraction of sp³-hybridized carbons (Fsp3) is 0.207. The first kappa shape index (κ1) is 28.4. The highest BCUT2D eigenvalue weighted by molar-refractivity contribution is 5.73. The van der Waals surface area contributed by atoms with Crippen LogP contribution in [0.4, 0.5) is 19.1 Å². The third kappa shape index (κ3) is 6.67. The van der Waals surface area contributed by atoms with E-state index >= 15 is 0 Å². The number of halogens is 3. The smallest absolute Gasteiger partial charge is 0.429 e. The summed E-state index contributed by atoms with van der Waals surface area (Å²) in [5, 5.41) is 9.01. The molecule has 5 N–H and O–H groups in total. The molecule has 0 aliphatic heterocycles. The molecule has 0 fully saturated rings. The van der Waals surface area contributed by atoms with Gasteiger partial charge in [0.15, 0.2) is 0 Å². The number of aromatic nitrogens is 2. The van der Waals surface area contributed by atoms with Crippen LogP contribution < -0.4 is 20.9 Å². The summed E-state index contributed by atoms with van der Waals surface area (Å²) in [7, 11) is 1.48. The molecule has 0 spiro atoms. The lowest BCUT2D eigenvalue weighted by atomic mass is 9.94. The van der Waals surface area contributed by atoms with Crippen LogP contribution >= 0.6 is 0 Å². The van der Waals surface area contributed by atoms with Gasteiger partial charge in [-0.2, -0.15) is 18.2 Å². The molecule has 0 radical (unpaired) electrons. The molecule has 1 heterocycles. The Morgan fingerprint density at radius 2 is 1.73 bits per heavy atom. The number of nitrogens with zero attached hydrogens (tertiary/aromatic N) is 2. The Balaban J connectivity index is 1.70. The first-order valence-electron chi connectivity index (χ1n) is 12.1. The van der Waals surface area contributed by atoms with Gasteiger partial charge in [0, 0.05) is 17.2 Å². The molecule has 0 amide bonds. The van der Waals surface area contributed by atoms with Crippen LogP contribution in [0.5, 0.6) is 11.6 Å². The van der Waals surface area contributed by atoms with E-state index in [1.54, 1.807) is 67.6 Å². The predicted octanol–water partition coefficient (Wildman–Crippen LogP) is 5.35. The van der Waals surface area contributed by atoms with E-state index in [1.807, 2.05) is 0 Å². The van der Waals surface area contributed by atoms with Gasteiger partial charge < -0.3 is 26.0 Å². The third-order valence-electron chi connectivity index (χ3n) is 6.15. The topological polar surface area (TPSA) is 134 Å². The molecule has 1 aromatic heterocycles. The second kappa shape index (κ2) is 11.6. The minimum Gasteiger partial charge on any atom is -0.497 e. The van der Waals surface area contributed by atoms with Crippen LogP contribution in [0.3, 0.4) is 0 Å². The minimum absolute atomic E-state index is 0.106. The minimum atomic E-state index is -4.80. The number of nitrogens with two attached hydrogens (primary N) is 2. The highest BCUT2D eigenvalue weighted by Crippen LogP contribution is 2.42. The Morgan fingerprint density at radius 1 is 1.00 bits per heavy atom. The molecule has 40 heavy (non-hydrogen) atoms. The number of benzene rings is 3. The summed E-state index contributed by atoms with van der Waals surface area (Å²) in [5.41, 5.74) is 14.4. The maximum atomic E-state index is 14.5. The normalized spacial score (nSPS) is 12.9. The molecule has 0 aliphatic carbocycles. The van der Waals surface area contributed by atoms with Gasteiger partial charge in [-0.3, -0.25) is 4.79 Å². The summed E-state index contributed by atoms with van der Waals surface area (Å²) in [6, 6.07) is 18.2. The average molecular weight is 553 g/mol. The molecular formula is C29H27F3N4O4. The Morgan fingerprint density at radius 3 is 2.38 bits per heavy atom. The second-order valence-electron chi connectivity index (χ2n) is 9.16. The van der Waals surface area contributed by atoms with E-state index in [4.69, 9.17) is 26.0 Å². The summed E-state index contributed by atoms with van der Waals surface area (Å²) < 4.78 is 54.2.